The van der Waals surface area contributed by atoms with Crippen LogP contribution in [-0.4, -0.2) is 23.1 Å². The van der Waals surface area contributed by atoms with Gasteiger partial charge >= 0.3 is 0 Å². The lowest BCUT2D eigenvalue weighted by Gasteiger charge is -2.22. The molecule has 2 atom stereocenters. The molecule has 1 aliphatic heterocycles. The van der Waals surface area contributed by atoms with E-state index in [1.54, 1.807) is 0 Å². The molecular weight excluding hydrogens is 202 g/mol. The summed E-state index contributed by atoms with van der Waals surface area (Å²) in [5, 5.41) is 0. The van der Waals surface area contributed by atoms with Gasteiger partial charge in [-0.15, -0.1) is 0 Å². The Hall–Kier alpha value is -1.64. The van der Waals surface area contributed by atoms with Crippen LogP contribution in [0, 0.1) is 5.92 Å². The minimum absolute atomic E-state index is 0.00111. The van der Waals surface area contributed by atoms with E-state index in [2.05, 4.69) is 0 Å². The Morgan fingerprint density at radius 3 is 2.81 bits per heavy atom. The lowest BCUT2D eigenvalue weighted by Crippen LogP contribution is -2.27. The summed E-state index contributed by atoms with van der Waals surface area (Å²) >= 11 is 0. The summed E-state index contributed by atoms with van der Waals surface area (Å²) in [4.78, 5) is 25.7. The average Bonchev–Trinajstić information content (AvgIpc) is 2.76. The van der Waals surface area contributed by atoms with Crippen molar-refractivity contribution < 1.29 is 9.59 Å². The van der Waals surface area contributed by atoms with Crippen molar-refractivity contribution in [3.05, 3.63) is 35.4 Å². The van der Waals surface area contributed by atoms with Crippen LogP contribution in [0.3, 0.4) is 0 Å². The van der Waals surface area contributed by atoms with Crippen molar-refractivity contribution in [3.63, 3.8) is 0 Å². The van der Waals surface area contributed by atoms with E-state index in [0.717, 1.165) is 11.1 Å². The van der Waals surface area contributed by atoms with Crippen molar-refractivity contribution in [2.75, 3.05) is 6.54 Å². The molecule has 0 bridgehead atoms. The van der Waals surface area contributed by atoms with Crippen LogP contribution in [0.2, 0.25) is 0 Å². The SMILES string of the molecule is CCN1C(=O)C[C@H]2C(=O)c3ccccc3[C@H]21. The van der Waals surface area contributed by atoms with Gasteiger partial charge in [0.15, 0.2) is 5.78 Å². The van der Waals surface area contributed by atoms with Crippen molar-refractivity contribution in [2.24, 2.45) is 5.92 Å². The lowest BCUT2D eigenvalue weighted by atomic mass is 10.0. The van der Waals surface area contributed by atoms with E-state index in [1.165, 1.54) is 0 Å². The Morgan fingerprint density at radius 2 is 2.06 bits per heavy atom. The molecule has 16 heavy (non-hydrogen) atoms. The normalized spacial score (nSPS) is 27.2. The predicted molar refractivity (Wildman–Crippen MR) is 59.0 cm³/mol. The van der Waals surface area contributed by atoms with Gasteiger partial charge in [-0.3, -0.25) is 9.59 Å². The van der Waals surface area contributed by atoms with Gasteiger partial charge in [-0.25, -0.2) is 0 Å². The summed E-state index contributed by atoms with van der Waals surface area (Å²) < 4.78 is 0. The second kappa shape index (κ2) is 3.17. The zero-order chi connectivity index (χ0) is 11.3. The molecule has 0 radical (unpaired) electrons. The number of hydrogen-bond donors (Lipinski definition) is 0. The Kier molecular flexibility index (Phi) is 1.90. The highest BCUT2D eigenvalue weighted by molar-refractivity contribution is 6.06. The zero-order valence-corrected chi connectivity index (χ0v) is 9.14. The van der Waals surface area contributed by atoms with Crippen molar-refractivity contribution in [3.8, 4) is 0 Å². The maximum absolute atomic E-state index is 12.1. The summed E-state index contributed by atoms with van der Waals surface area (Å²) in [7, 11) is 0. The summed E-state index contributed by atoms with van der Waals surface area (Å²) in [5.41, 5.74) is 1.84. The largest absolute Gasteiger partial charge is 0.335 e. The van der Waals surface area contributed by atoms with Gasteiger partial charge in [-0.05, 0) is 12.5 Å². The number of rotatable bonds is 1. The van der Waals surface area contributed by atoms with Crippen LogP contribution in [0.15, 0.2) is 24.3 Å². The first-order valence-electron chi connectivity index (χ1n) is 5.66. The van der Waals surface area contributed by atoms with Gasteiger partial charge < -0.3 is 4.90 Å². The molecule has 1 saturated heterocycles. The molecule has 1 heterocycles. The van der Waals surface area contributed by atoms with Crippen LogP contribution in [-0.2, 0) is 4.79 Å². The Bertz CT molecular complexity index is 481. The van der Waals surface area contributed by atoms with Gasteiger partial charge in [-0.2, -0.15) is 0 Å². The highest BCUT2D eigenvalue weighted by Gasteiger charge is 2.49. The van der Waals surface area contributed by atoms with E-state index < -0.39 is 0 Å². The third kappa shape index (κ3) is 1.03. The van der Waals surface area contributed by atoms with E-state index in [1.807, 2.05) is 36.1 Å². The molecule has 1 aromatic carbocycles. The number of ketones is 1. The fourth-order valence-corrected chi connectivity index (χ4v) is 2.96. The summed E-state index contributed by atoms with van der Waals surface area (Å²) in [6, 6.07) is 7.66. The van der Waals surface area contributed by atoms with Crippen molar-refractivity contribution in [2.45, 2.75) is 19.4 Å². The highest BCUT2D eigenvalue weighted by Crippen LogP contribution is 2.46. The van der Waals surface area contributed by atoms with Crippen LogP contribution < -0.4 is 0 Å². The van der Waals surface area contributed by atoms with Crippen molar-refractivity contribution in [1.29, 1.82) is 0 Å². The fourth-order valence-electron chi connectivity index (χ4n) is 2.96. The van der Waals surface area contributed by atoms with Gasteiger partial charge in [-0.1, -0.05) is 24.3 Å². The molecule has 2 aliphatic rings. The number of likely N-dealkylation sites (tertiary alicyclic amines) is 1. The first-order valence-corrected chi connectivity index (χ1v) is 5.66. The number of fused-ring (bicyclic) bond motifs is 3. The number of amides is 1. The molecule has 0 unspecified atom stereocenters. The van der Waals surface area contributed by atoms with Crippen LogP contribution in [0.25, 0.3) is 0 Å². The third-order valence-corrected chi connectivity index (χ3v) is 3.65. The van der Waals surface area contributed by atoms with E-state index in [-0.39, 0.29) is 23.7 Å². The quantitative estimate of drug-likeness (QED) is 0.716. The summed E-state index contributed by atoms with van der Waals surface area (Å²) in [5.74, 6) is 0.120. The molecule has 82 valence electrons. The van der Waals surface area contributed by atoms with Crippen LogP contribution in [0.1, 0.15) is 35.3 Å². The van der Waals surface area contributed by atoms with Gasteiger partial charge in [0.1, 0.15) is 0 Å². The zero-order valence-electron chi connectivity index (χ0n) is 9.14. The first-order chi connectivity index (χ1) is 7.74. The first kappa shape index (κ1) is 9.58. The maximum atomic E-state index is 12.1. The summed E-state index contributed by atoms with van der Waals surface area (Å²) in [6.07, 6.45) is 0.381. The smallest absolute Gasteiger partial charge is 0.223 e. The molecule has 1 aliphatic carbocycles. The number of carbonyl (C=O) groups excluding carboxylic acids is 2. The Labute approximate surface area is 94.1 Å². The van der Waals surface area contributed by atoms with Gasteiger partial charge in [0.25, 0.3) is 0 Å². The molecule has 0 saturated carbocycles. The van der Waals surface area contributed by atoms with Gasteiger partial charge in [0, 0.05) is 18.5 Å². The number of Topliss-reactive ketones (excluding diaryl/α,β-unsaturated/α-hetero) is 1. The van der Waals surface area contributed by atoms with E-state index in [0.29, 0.717) is 13.0 Å². The Morgan fingerprint density at radius 1 is 1.31 bits per heavy atom. The Balaban J connectivity index is 2.14. The molecule has 3 heteroatoms. The van der Waals surface area contributed by atoms with E-state index in [9.17, 15) is 9.59 Å². The van der Waals surface area contributed by atoms with Crippen molar-refractivity contribution in [1.82, 2.24) is 4.90 Å². The molecule has 0 N–H and O–H groups in total. The van der Waals surface area contributed by atoms with E-state index >= 15 is 0 Å². The highest BCUT2D eigenvalue weighted by atomic mass is 16.2. The molecule has 0 spiro atoms. The van der Waals surface area contributed by atoms with Gasteiger partial charge in [0.2, 0.25) is 5.91 Å². The van der Waals surface area contributed by atoms with E-state index in [4.69, 9.17) is 0 Å². The molecule has 0 aromatic heterocycles. The second-order valence-corrected chi connectivity index (χ2v) is 4.39. The minimum atomic E-state index is -0.134. The third-order valence-electron chi connectivity index (χ3n) is 3.65. The maximum Gasteiger partial charge on any atom is 0.223 e. The number of benzene rings is 1. The second-order valence-electron chi connectivity index (χ2n) is 4.39. The molecular formula is C13H13NO2. The fraction of sp³-hybridized carbons (Fsp3) is 0.385. The average molecular weight is 215 g/mol. The molecule has 3 rings (SSSR count). The van der Waals surface area contributed by atoms with Gasteiger partial charge in [0.05, 0.1) is 12.0 Å². The monoisotopic (exact) mass is 215 g/mol. The van der Waals surface area contributed by atoms with Crippen LogP contribution >= 0.6 is 0 Å². The molecule has 1 fully saturated rings. The summed E-state index contributed by atoms with van der Waals surface area (Å²) in [6.45, 7) is 2.65. The van der Waals surface area contributed by atoms with Crippen molar-refractivity contribution >= 4 is 11.7 Å². The number of carbonyl (C=O) groups is 2. The minimum Gasteiger partial charge on any atom is -0.335 e. The lowest BCUT2D eigenvalue weighted by molar-refractivity contribution is -0.128. The number of hydrogen-bond acceptors (Lipinski definition) is 2. The van der Waals surface area contributed by atoms with Crippen LogP contribution in [0.4, 0.5) is 0 Å². The standard InChI is InChI=1S/C13H13NO2/c1-2-14-11(15)7-10-12(14)8-5-3-4-6-9(8)13(10)16/h3-6,10,12H,2,7H2,1H3/t10-,12-/m1/s1. The molecule has 1 amide bonds. The predicted octanol–water partition coefficient (Wildman–Crippen LogP) is 1.79. The molecule has 1 aromatic rings. The number of nitrogens with zero attached hydrogens (tertiary/aromatic N) is 1. The van der Waals surface area contributed by atoms with Crippen LogP contribution in [0.5, 0.6) is 0 Å². The molecule has 3 nitrogen and oxygen atoms in total. The topological polar surface area (TPSA) is 37.4 Å².